The van der Waals surface area contributed by atoms with Gasteiger partial charge in [0.2, 0.25) is 0 Å². The van der Waals surface area contributed by atoms with Gasteiger partial charge in [0.05, 0.1) is 7.11 Å². The summed E-state index contributed by atoms with van der Waals surface area (Å²) in [5.74, 6) is 1.27. The zero-order chi connectivity index (χ0) is 7.14. The molecule has 2 rings (SSSR count). The Labute approximate surface area is 71.9 Å². The molecule has 0 aromatic rings. The first-order chi connectivity index (χ1) is 4.83. The second-order valence-corrected chi connectivity index (χ2v) is 3.07. The normalized spacial score (nSPS) is 38.8. The molecule has 1 saturated heterocycles. The number of piperidine rings is 1. The number of hydrogen-bond donors (Lipinski definition) is 1. The van der Waals surface area contributed by atoms with Gasteiger partial charge in [-0.2, -0.15) is 0 Å². The maximum Gasteiger partial charge on any atom is 0.323 e. The van der Waals surface area contributed by atoms with Gasteiger partial charge in [0.15, 0.2) is 0 Å². The van der Waals surface area contributed by atoms with Crippen molar-refractivity contribution < 1.29 is 9.53 Å². The third kappa shape index (κ3) is 1.35. The third-order valence-electron chi connectivity index (χ3n) is 2.46. The molecular weight excluding hydrogens is 166 g/mol. The second kappa shape index (κ2) is 2.99. The van der Waals surface area contributed by atoms with Crippen molar-refractivity contribution >= 4 is 18.4 Å². The molecule has 3 atom stereocenters. The molecule has 0 unspecified atom stereocenters. The van der Waals surface area contributed by atoms with E-state index in [1.807, 2.05) is 0 Å². The number of carbonyl (C=O) groups is 1. The summed E-state index contributed by atoms with van der Waals surface area (Å²) >= 11 is 0. The minimum absolute atomic E-state index is 0. The predicted molar refractivity (Wildman–Crippen MR) is 42.7 cm³/mol. The lowest BCUT2D eigenvalue weighted by atomic mass is 10.2. The van der Waals surface area contributed by atoms with Gasteiger partial charge < -0.3 is 10.1 Å². The molecule has 2 aliphatic rings. The van der Waals surface area contributed by atoms with Crippen LogP contribution in [0.25, 0.3) is 0 Å². The van der Waals surface area contributed by atoms with Crippen molar-refractivity contribution in [3.63, 3.8) is 0 Å². The molecule has 1 N–H and O–H groups in total. The lowest BCUT2D eigenvalue weighted by Gasteiger charge is -2.08. The number of fused-ring (bicyclic) bond motifs is 1. The fraction of sp³-hybridized carbons (Fsp3) is 0.857. The maximum absolute atomic E-state index is 11.0. The van der Waals surface area contributed by atoms with Gasteiger partial charge in [0.25, 0.3) is 0 Å². The molecule has 0 radical (unpaired) electrons. The molecule has 0 aromatic carbocycles. The van der Waals surface area contributed by atoms with Crippen LogP contribution < -0.4 is 5.32 Å². The van der Waals surface area contributed by atoms with E-state index in [2.05, 4.69) is 10.1 Å². The Kier molecular flexibility index (Phi) is 2.40. The standard InChI is InChI=1S/C7H11NO2.ClH/c1-10-7(9)6-5-2-4(5)3-8-6;/h4-6,8H,2-3H2,1H3;1H/t4-,5+,6-;/m0./s1. The van der Waals surface area contributed by atoms with Crippen LogP contribution in [0.1, 0.15) is 6.42 Å². The van der Waals surface area contributed by atoms with Crippen LogP contribution >= 0.6 is 12.4 Å². The maximum atomic E-state index is 11.0. The molecule has 0 amide bonds. The Bertz CT molecular complexity index is 174. The average Bonchev–Trinajstić information content (AvgIpc) is 2.62. The molecule has 3 nitrogen and oxygen atoms in total. The Morgan fingerprint density at radius 2 is 2.36 bits per heavy atom. The Morgan fingerprint density at radius 1 is 1.64 bits per heavy atom. The molecule has 64 valence electrons. The number of halogens is 1. The lowest BCUT2D eigenvalue weighted by molar-refractivity contribution is -0.143. The summed E-state index contributed by atoms with van der Waals surface area (Å²) in [5, 5.41) is 3.13. The van der Waals surface area contributed by atoms with Crippen LogP contribution in [0, 0.1) is 11.8 Å². The van der Waals surface area contributed by atoms with E-state index in [9.17, 15) is 4.79 Å². The fourth-order valence-electron chi connectivity index (χ4n) is 1.73. The number of ether oxygens (including phenoxy) is 1. The molecule has 1 aliphatic heterocycles. The summed E-state index contributed by atoms with van der Waals surface area (Å²) in [4.78, 5) is 11.0. The highest BCUT2D eigenvalue weighted by molar-refractivity contribution is 5.85. The van der Waals surface area contributed by atoms with E-state index in [-0.39, 0.29) is 24.4 Å². The number of carbonyl (C=O) groups excluding carboxylic acids is 1. The van der Waals surface area contributed by atoms with Gasteiger partial charge in [-0.05, 0) is 24.8 Å². The Morgan fingerprint density at radius 3 is 2.73 bits per heavy atom. The van der Waals surface area contributed by atoms with Gasteiger partial charge in [0.1, 0.15) is 6.04 Å². The molecular formula is C7H12ClNO2. The van der Waals surface area contributed by atoms with Crippen molar-refractivity contribution in [2.45, 2.75) is 12.5 Å². The van der Waals surface area contributed by atoms with E-state index < -0.39 is 0 Å². The monoisotopic (exact) mass is 177 g/mol. The average molecular weight is 178 g/mol. The third-order valence-corrected chi connectivity index (χ3v) is 2.46. The first-order valence-electron chi connectivity index (χ1n) is 3.64. The Hall–Kier alpha value is -0.280. The fourth-order valence-corrected chi connectivity index (χ4v) is 1.73. The van der Waals surface area contributed by atoms with Crippen LogP contribution in [0.5, 0.6) is 0 Å². The number of hydrogen-bond acceptors (Lipinski definition) is 3. The van der Waals surface area contributed by atoms with Gasteiger partial charge >= 0.3 is 5.97 Å². The lowest BCUT2D eigenvalue weighted by Crippen LogP contribution is -2.35. The van der Waals surface area contributed by atoms with Crippen molar-refractivity contribution in [2.75, 3.05) is 13.7 Å². The molecule has 0 spiro atoms. The predicted octanol–water partition coefficient (Wildman–Crippen LogP) is 0.189. The SMILES string of the molecule is COC(=O)[C@H]1NC[C@@H]2C[C@H]21.Cl. The van der Waals surface area contributed by atoms with Crippen LogP contribution in [0.3, 0.4) is 0 Å². The molecule has 0 bridgehead atoms. The molecule has 1 saturated carbocycles. The van der Waals surface area contributed by atoms with E-state index in [4.69, 9.17) is 0 Å². The summed E-state index contributed by atoms with van der Waals surface area (Å²) < 4.78 is 4.63. The smallest absolute Gasteiger partial charge is 0.323 e. The summed E-state index contributed by atoms with van der Waals surface area (Å²) in [5.41, 5.74) is 0. The highest BCUT2D eigenvalue weighted by Gasteiger charge is 2.51. The highest BCUT2D eigenvalue weighted by atomic mass is 35.5. The van der Waals surface area contributed by atoms with Crippen molar-refractivity contribution in [3.05, 3.63) is 0 Å². The van der Waals surface area contributed by atoms with Crippen molar-refractivity contribution in [3.8, 4) is 0 Å². The first kappa shape index (κ1) is 8.81. The van der Waals surface area contributed by atoms with Gasteiger partial charge in [-0.3, -0.25) is 4.79 Å². The Balaban J connectivity index is 0.000000605. The highest BCUT2D eigenvalue weighted by Crippen LogP contribution is 2.45. The van der Waals surface area contributed by atoms with Crippen molar-refractivity contribution in [1.82, 2.24) is 5.32 Å². The van der Waals surface area contributed by atoms with E-state index >= 15 is 0 Å². The summed E-state index contributed by atoms with van der Waals surface area (Å²) in [7, 11) is 1.44. The first-order valence-corrected chi connectivity index (χ1v) is 3.64. The van der Waals surface area contributed by atoms with Crippen molar-refractivity contribution in [2.24, 2.45) is 11.8 Å². The molecule has 1 aliphatic carbocycles. The molecule has 2 fully saturated rings. The zero-order valence-corrected chi connectivity index (χ0v) is 7.19. The molecule has 11 heavy (non-hydrogen) atoms. The molecule has 0 aromatic heterocycles. The summed E-state index contributed by atoms with van der Waals surface area (Å²) in [6.45, 7) is 1.00. The largest absolute Gasteiger partial charge is 0.468 e. The number of nitrogens with one attached hydrogen (secondary N) is 1. The van der Waals surface area contributed by atoms with Crippen LogP contribution in [-0.2, 0) is 9.53 Å². The van der Waals surface area contributed by atoms with Crippen LogP contribution in [0.15, 0.2) is 0 Å². The molecule has 4 heteroatoms. The van der Waals surface area contributed by atoms with Gasteiger partial charge in [-0.15, -0.1) is 12.4 Å². The second-order valence-electron chi connectivity index (χ2n) is 3.07. The summed E-state index contributed by atoms with van der Waals surface area (Å²) in [6.07, 6.45) is 1.22. The topological polar surface area (TPSA) is 38.3 Å². The minimum atomic E-state index is -0.0926. The van der Waals surface area contributed by atoms with Crippen molar-refractivity contribution in [1.29, 1.82) is 0 Å². The van der Waals surface area contributed by atoms with E-state index in [1.165, 1.54) is 13.5 Å². The molecule has 1 heterocycles. The van der Waals surface area contributed by atoms with Crippen LogP contribution in [0.2, 0.25) is 0 Å². The number of rotatable bonds is 1. The van der Waals surface area contributed by atoms with Crippen LogP contribution in [0.4, 0.5) is 0 Å². The van der Waals surface area contributed by atoms with E-state index in [0.717, 1.165) is 12.5 Å². The van der Waals surface area contributed by atoms with E-state index in [1.54, 1.807) is 0 Å². The zero-order valence-electron chi connectivity index (χ0n) is 6.37. The number of methoxy groups -OCH3 is 1. The number of esters is 1. The van der Waals surface area contributed by atoms with Gasteiger partial charge in [0, 0.05) is 0 Å². The van der Waals surface area contributed by atoms with Gasteiger partial charge in [-0.25, -0.2) is 0 Å². The van der Waals surface area contributed by atoms with Crippen LogP contribution in [-0.4, -0.2) is 25.7 Å². The summed E-state index contributed by atoms with van der Waals surface area (Å²) in [6, 6.07) is 0.00926. The van der Waals surface area contributed by atoms with Gasteiger partial charge in [-0.1, -0.05) is 0 Å². The van der Waals surface area contributed by atoms with E-state index in [0.29, 0.717) is 5.92 Å². The minimum Gasteiger partial charge on any atom is -0.468 e. The quantitative estimate of drug-likeness (QED) is 0.582.